The first-order chi connectivity index (χ1) is 10.7. The molecule has 1 aromatic heterocycles. The van der Waals surface area contributed by atoms with Gasteiger partial charge in [-0.1, -0.05) is 6.07 Å². The van der Waals surface area contributed by atoms with Crippen molar-refractivity contribution in [3.63, 3.8) is 0 Å². The molecule has 0 aliphatic carbocycles. The fraction of sp³-hybridized carbons (Fsp3) is 0.600. The number of nitrogens with zero attached hydrogens (tertiary/aromatic N) is 3. The molecule has 0 saturated carbocycles. The lowest BCUT2D eigenvalue weighted by Crippen LogP contribution is -2.33. The van der Waals surface area contributed by atoms with E-state index in [2.05, 4.69) is 14.6 Å². The van der Waals surface area contributed by atoms with Crippen molar-refractivity contribution >= 4 is 5.91 Å². The molecule has 1 aliphatic heterocycles. The van der Waals surface area contributed by atoms with Gasteiger partial charge in [-0.05, 0) is 32.0 Å². The van der Waals surface area contributed by atoms with Crippen LogP contribution in [0.25, 0.3) is 0 Å². The molecule has 1 saturated heterocycles. The summed E-state index contributed by atoms with van der Waals surface area (Å²) in [6.45, 7) is 1.10. The van der Waals surface area contributed by atoms with Crippen LogP contribution in [0.3, 0.4) is 0 Å². The van der Waals surface area contributed by atoms with Crippen molar-refractivity contribution in [1.29, 1.82) is 0 Å². The van der Waals surface area contributed by atoms with Gasteiger partial charge in [0.2, 0.25) is 5.88 Å². The summed E-state index contributed by atoms with van der Waals surface area (Å²) in [5.41, 5.74) is 0.0820. The molecule has 2 heterocycles. The van der Waals surface area contributed by atoms with Crippen molar-refractivity contribution < 1.29 is 22.7 Å². The van der Waals surface area contributed by atoms with E-state index in [4.69, 9.17) is 0 Å². The van der Waals surface area contributed by atoms with Gasteiger partial charge in [0.25, 0.3) is 5.91 Å². The summed E-state index contributed by atoms with van der Waals surface area (Å²) in [7, 11) is 3.70. The van der Waals surface area contributed by atoms with Crippen molar-refractivity contribution in [1.82, 2.24) is 14.8 Å². The zero-order valence-corrected chi connectivity index (χ0v) is 13.1. The first-order valence-corrected chi connectivity index (χ1v) is 7.35. The summed E-state index contributed by atoms with van der Waals surface area (Å²) in [6, 6.07) is 4.23. The number of alkyl halides is 3. The van der Waals surface area contributed by atoms with Gasteiger partial charge in [0.1, 0.15) is 5.69 Å². The number of pyridine rings is 1. The minimum Gasteiger partial charge on any atom is -0.468 e. The molecule has 128 valence electrons. The van der Waals surface area contributed by atoms with Gasteiger partial charge in [-0.25, -0.2) is 4.98 Å². The van der Waals surface area contributed by atoms with Crippen LogP contribution in [0.2, 0.25) is 0 Å². The van der Waals surface area contributed by atoms with E-state index >= 15 is 0 Å². The van der Waals surface area contributed by atoms with Crippen LogP contribution in [0.4, 0.5) is 13.2 Å². The average Bonchev–Trinajstić information content (AvgIpc) is 2.89. The lowest BCUT2D eigenvalue weighted by atomic mass is 10.1. The summed E-state index contributed by atoms with van der Waals surface area (Å²) >= 11 is 0. The first kappa shape index (κ1) is 17.5. The Morgan fingerprint density at radius 3 is 2.83 bits per heavy atom. The maximum absolute atomic E-state index is 12.3. The number of ether oxygens (including phenoxy) is 1. The Labute approximate surface area is 133 Å². The minimum atomic E-state index is -4.44. The van der Waals surface area contributed by atoms with E-state index < -0.39 is 12.8 Å². The average molecular weight is 331 g/mol. The summed E-state index contributed by atoms with van der Waals surface area (Å²) in [6.07, 6.45) is -3.41. The zero-order valence-electron chi connectivity index (χ0n) is 13.1. The van der Waals surface area contributed by atoms with Crippen molar-refractivity contribution in [3.8, 4) is 5.88 Å². The molecule has 5 nitrogen and oxygen atoms in total. The summed E-state index contributed by atoms with van der Waals surface area (Å²) in [4.78, 5) is 20.0. The largest absolute Gasteiger partial charge is 0.468 e. The predicted molar refractivity (Wildman–Crippen MR) is 78.4 cm³/mol. The number of likely N-dealkylation sites (tertiary alicyclic amines) is 1. The third-order valence-electron chi connectivity index (χ3n) is 3.69. The van der Waals surface area contributed by atoms with Gasteiger partial charge in [0, 0.05) is 26.2 Å². The number of rotatable bonds is 5. The Morgan fingerprint density at radius 2 is 2.22 bits per heavy atom. The number of hydrogen-bond donors (Lipinski definition) is 0. The second kappa shape index (κ2) is 7.16. The summed E-state index contributed by atoms with van der Waals surface area (Å²) < 4.78 is 41.0. The minimum absolute atomic E-state index is 0.0820. The fourth-order valence-electron chi connectivity index (χ4n) is 2.61. The predicted octanol–water partition coefficient (Wildman–Crippen LogP) is 2.05. The molecule has 0 radical (unpaired) electrons. The molecule has 8 heteroatoms. The molecule has 1 aromatic rings. The van der Waals surface area contributed by atoms with Gasteiger partial charge in [-0.2, -0.15) is 13.2 Å². The van der Waals surface area contributed by atoms with Crippen LogP contribution in [0.15, 0.2) is 18.2 Å². The Hall–Kier alpha value is -1.83. The Kier molecular flexibility index (Phi) is 5.46. The first-order valence-electron chi connectivity index (χ1n) is 7.35. The van der Waals surface area contributed by atoms with Gasteiger partial charge in [0.05, 0.1) is 0 Å². The monoisotopic (exact) mass is 331 g/mol. The second-order valence-corrected chi connectivity index (χ2v) is 5.87. The molecule has 1 atom stereocenters. The highest BCUT2D eigenvalue weighted by Gasteiger charge is 2.29. The SMILES string of the molecule is CN1CCC(CN(C)C(=O)c2cccc(OCC(F)(F)F)n2)C1. The number of aromatic nitrogens is 1. The van der Waals surface area contributed by atoms with E-state index in [1.165, 1.54) is 18.2 Å². The molecule has 0 aromatic carbocycles. The third-order valence-corrected chi connectivity index (χ3v) is 3.69. The molecule has 0 bridgehead atoms. The Bertz CT molecular complexity index is 551. The lowest BCUT2D eigenvalue weighted by molar-refractivity contribution is -0.154. The third kappa shape index (κ3) is 5.38. The Morgan fingerprint density at radius 1 is 1.48 bits per heavy atom. The molecule has 1 amide bonds. The molecule has 1 aliphatic rings. The van der Waals surface area contributed by atoms with Gasteiger partial charge in [-0.3, -0.25) is 4.79 Å². The van der Waals surface area contributed by atoms with Gasteiger partial charge in [-0.15, -0.1) is 0 Å². The van der Waals surface area contributed by atoms with Crippen molar-refractivity contribution in [2.75, 3.05) is 40.3 Å². The van der Waals surface area contributed by atoms with Crippen LogP contribution in [0.5, 0.6) is 5.88 Å². The van der Waals surface area contributed by atoms with Gasteiger partial charge in [0.15, 0.2) is 6.61 Å². The van der Waals surface area contributed by atoms with E-state index in [0.29, 0.717) is 12.5 Å². The van der Waals surface area contributed by atoms with Crippen LogP contribution in [-0.2, 0) is 0 Å². The maximum Gasteiger partial charge on any atom is 0.422 e. The summed E-state index contributed by atoms with van der Waals surface area (Å²) in [5.74, 6) is -0.127. The molecule has 0 N–H and O–H groups in total. The normalized spacial score (nSPS) is 18.9. The zero-order chi connectivity index (χ0) is 17.0. The number of carbonyl (C=O) groups excluding carboxylic acids is 1. The standard InChI is InChI=1S/C15H20F3N3O2/c1-20-7-6-11(8-20)9-21(2)14(22)12-4-3-5-13(19-12)23-10-15(16,17)18/h3-5,11H,6-10H2,1-2H3. The number of halogens is 3. The highest BCUT2D eigenvalue weighted by Crippen LogP contribution is 2.18. The van der Waals surface area contributed by atoms with E-state index in [1.807, 2.05) is 7.05 Å². The number of carbonyl (C=O) groups is 1. The van der Waals surface area contributed by atoms with Crippen LogP contribution in [0, 0.1) is 5.92 Å². The van der Waals surface area contributed by atoms with Crippen LogP contribution in [-0.4, -0.2) is 67.2 Å². The lowest BCUT2D eigenvalue weighted by Gasteiger charge is -2.21. The smallest absolute Gasteiger partial charge is 0.422 e. The molecule has 2 rings (SSSR count). The molecule has 1 unspecified atom stereocenters. The maximum atomic E-state index is 12.3. The van der Waals surface area contributed by atoms with Crippen molar-refractivity contribution in [3.05, 3.63) is 23.9 Å². The Balaban J connectivity index is 1.95. The van der Waals surface area contributed by atoms with Crippen LogP contribution >= 0.6 is 0 Å². The topological polar surface area (TPSA) is 45.7 Å². The van der Waals surface area contributed by atoms with Gasteiger partial charge < -0.3 is 14.5 Å². The highest BCUT2D eigenvalue weighted by atomic mass is 19.4. The van der Waals surface area contributed by atoms with E-state index in [0.717, 1.165) is 19.5 Å². The van der Waals surface area contributed by atoms with Crippen molar-refractivity contribution in [2.24, 2.45) is 5.92 Å². The highest BCUT2D eigenvalue weighted by molar-refractivity contribution is 5.92. The number of amides is 1. The number of hydrogen-bond acceptors (Lipinski definition) is 4. The molecular formula is C15H20F3N3O2. The van der Waals surface area contributed by atoms with Crippen LogP contribution < -0.4 is 4.74 Å². The molecule has 0 spiro atoms. The molecule has 1 fully saturated rings. The van der Waals surface area contributed by atoms with Crippen molar-refractivity contribution in [2.45, 2.75) is 12.6 Å². The second-order valence-electron chi connectivity index (χ2n) is 5.87. The van der Waals surface area contributed by atoms with E-state index in [1.54, 1.807) is 11.9 Å². The fourth-order valence-corrected chi connectivity index (χ4v) is 2.61. The van der Waals surface area contributed by atoms with E-state index in [-0.39, 0.29) is 17.5 Å². The molecule has 23 heavy (non-hydrogen) atoms. The van der Waals surface area contributed by atoms with Crippen LogP contribution in [0.1, 0.15) is 16.9 Å². The van der Waals surface area contributed by atoms with Gasteiger partial charge >= 0.3 is 6.18 Å². The quantitative estimate of drug-likeness (QED) is 0.828. The van der Waals surface area contributed by atoms with E-state index in [9.17, 15) is 18.0 Å². The summed E-state index contributed by atoms with van der Waals surface area (Å²) in [5, 5.41) is 0. The molecular weight excluding hydrogens is 311 g/mol.